The van der Waals surface area contributed by atoms with Gasteiger partial charge in [0.1, 0.15) is 5.69 Å². The molecule has 1 aromatic carbocycles. The molecule has 21 heavy (non-hydrogen) atoms. The molecule has 108 valence electrons. The molecule has 3 aromatic rings. The molecule has 0 aliphatic carbocycles. The Morgan fingerprint density at radius 1 is 1.14 bits per heavy atom. The van der Waals surface area contributed by atoms with Gasteiger partial charge in [0.15, 0.2) is 0 Å². The smallest absolute Gasteiger partial charge is 0.266 e. The van der Waals surface area contributed by atoms with Crippen LogP contribution in [0.3, 0.4) is 0 Å². The molecule has 0 radical (unpaired) electrons. The van der Waals surface area contributed by atoms with E-state index in [9.17, 15) is 0 Å². The first-order chi connectivity index (χ1) is 10.2. The molecule has 2 heterocycles. The van der Waals surface area contributed by atoms with Gasteiger partial charge in [-0.3, -0.25) is 4.98 Å². The largest absolute Gasteiger partial charge is 0.419 e. The first-order valence-electron chi connectivity index (χ1n) is 7.14. The van der Waals surface area contributed by atoms with E-state index in [0.717, 1.165) is 29.4 Å². The standard InChI is InChI=1S/C16H18N4O/c1-11(2)17-10-8-14-19-20-16(21-14)15-13-6-4-3-5-12(13)7-9-18-15/h3-7,9,11,17H,8,10H2,1-2H3. The van der Waals surface area contributed by atoms with Crippen molar-refractivity contribution in [1.29, 1.82) is 0 Å². The van der Waals surface area contributed by atoms with Crippen molar-refractivity contribution >= 4 is 10.8 Å². The molecule has 0 saturated carbocycles. The Morgan fingerprint density at radius 3 is 2.86 bits per heavy atom. The second-order valence-electron chi connectivity index (χ2n) is 5.24. The number of hydrogen-bond donors (Lipinski definition) is 1. The van der Waals surface area contributed by atoms with Gasteiger partial charge in [-0.25, -0.2) is 0 Å². The maximum atomic E-state index is 5.73. The molecule has 0 unspecified atom stereocenters. The van der Waals surface area contributed by atoms with Crippen molar-refractivity contribution in [3.05, 3.63) is 42.4 Å². The minimum absolute atomic E-state index is 0.451. The molecule has 0 saturated heterocycles. The second kappa shape index (κ2) is 6.01. The SMILES string of the molecule is CC(C)NCCc1nnc(-c2nccc3ccccc23)o1. The minimum Gasteiger partial charge on any atom is -0.419 e. The summed E-state index contributed by atoms with van der Waals surface area (Å²) in [5.74, 6) is 1.11. The van der Waals surface area contributed by atoms with Crippen LogP contribution in [0.2, 0.25) is 0 Å². The fourth-order valence-corrected chi connectivity index (χ4v) is 2.21. The van der Waals surface area contributed by atoms with E-state index in [1.165, 1.54) is 0 Å². The van der Waals surface area contributed by atoms with Crippen LogP contribution in [0.1, 0.15) is 19.7 Å². The molecule has 0 fully saturated rings. The number of hydrogen-bond acceptors (Lipinski definition) is 5. The highest BCUT2D eigenvalue weighted by Crippen LogP contribution is 2.25. The summed E-state index contributed by atoms with van der Waals surface area (Å²) in [4.78, 5) is 4.39. The summed E-state index contributed by atoms with van der Waals surface area (Å²) in [6.07, 6.45) is 2.48. The molecule has 5 nitrogen and oxygen atoms in total. The first-order valence-corrected chi connectivity index (χ1v) is 7.14. The highest BCUT2D eigenvalue weighted by atomic mass is 16.4. The van der Waals surface area contributed by atoms with Gasteiger partial charge < -0.3 is 9.73 Å². The van der Waals surface area contributed by atoms with Crippen LogP contribution in [0.4, 0.5) is 0 Å². The molecule has 2 aromatic heterocycles. The lowest BCUT2D eigenvalue weighted by Gasteiger charge is -2.04. The normalized spacial score (nSPS) is 11.4. The summed E-state index contributed by atoms with van der Waals surface area (Å²) in [5, 5.41) is 13.7. The Balaban J connectivity index is 1.85. The van der Waals surface area contributed by atoms with E-state index < -0.39 is 0 Å². The predicted molar refractivity (Wildman–Crippen MR) is 81.9 cm³/mol. The van der Waals surface area contributed by atoms with Crippen LogP contribution in [0.15, 0.2) is 40.9 Å². The number of pyridine rings is 1. The van der Waals surface area contributed by atoms with Crippen LogP contribution in [0.5, 0.6) is 0 Å². The lowest BCUT2D eigenvalue weighted by molar-refractivity contribution is 0.483. The van der Waals surface area contributed by atoms with Crippen molar-refractivity contribution in [1.82, 2.24) is 20.5 Å². The Bertz CT molecular complexity index is 730. The van der Waals surface area contributed by atoms with Crippen molar-refractivity contribution in [2.24, 2.45) is 0 Å². The summed E-state index contributed by atoms with van der Waals surface area (Å²) in [7, 11) is 0. The monoisotopic (exact) mass is 282 g/mol. The zero-order valence-corrected chi connectivity index (χ0v) is 12.2. The fourth-order valence-electron chi connectivity index (χ4n) is 2.21. The van der Waals surface area contributed by atoms with Crippen molar-refractivity contribution < 1.29 is 4.42 Å². The number of fused-ring (bicyclic) bond motifs is 1. The average Bonchev–Trinajstić information content (AvgIpc) is 2.95. The van der Waals surface area contributed by atoms with Gasteiger partial charge in [0, 0.05) is 30.6 Å². The van der Waals surface area contributed by atoms with Gasteiger partial charge >= 0.3 is 0 Å². The first kappa shape index (κ1) is 13.7. The summed E-state index contributed by atoms with van der Waals surface area (Å²) in [6.45, 7) is 5.04. The van der Waals surface area contributed by atoms with E-state index in [4.69, 9.17) is 4.42 Å². The molecular formula is C16H18N4O. The zero-order valence-electron chi connectivity index (χ0n) is 12.2. The molecule has 1 N–H and O–H groups in total. The minimum atomic E-state index is 0.451. The van der Waals surface area contributed by atoms with E-state index in [0.29, 0.717) is 17.8 Å². The summed E-state index contributed by atoms with van der Waals surface area (Å²) < 4.78 is 5.73. The quantitative estimate of drug-likeness (QED) is 0.779. The molecule has 0 atom stereocenters. The van der Waals surface area contributed by atoms with Crippen molar-refractivity contribution in [3.63, 3.8) is 0 Å². The van der Waals surface area contributed by atoms with E-state index in [-0.39, 0.29) is 0 Å². The molecule has 0 spiro atoms. The second-order valence-corrected chi connectivity index (χ2v) is 5.24. The van der Waals surface area contributed by atoms with Crippen molar-refractivity contribution in [2.75, 3.05) is 6.54 Å². The number of nitrogens with one attached hydrogen (secondary N) is 1. The number of rotatable bonds is 5. The Morgan fingerprint density at radius 2 is 2.00 bits per heavy atom. The van der Waals surface area contributed by atoms with E-state index in [2.05, 4.69) is 34.3 Å². The Labute approximate surface area is 123 Å². The lowest BCUT2D eigenvalue weighted by Crippen LogP contribution is -2.25. The highest BCUT2D eigenvalue weighted by molar-refractivity contribution is 5.92. The van der Waals surface area contributed by atoms with Crippen LogP contribution in [0, 0.1) is 0 Å². The molecule has 0 amide bonds. The van der Waals surface area contributed by atoms with Crippen LogP contribution in [0.25, 0.3) is 22.4 Å². The molecule has 0 bridgehead atoms. The summed E-state index contributed by atoms with van der Waals surface area (Å²) >= 11 is 0. The van der Waals surface area contributed by atoms with E-state index in [1.54, 1.807) is 6.20 Å². The van der Waals surface area contributed by atoms with Crippen LogP contribution in [-0.2, 0) is 6.42 Å². The van der Waals surface area contributed by atoms with E-state index >= 15 is 0 Å². The molecular weight excluding hydrogens is 264 g/mol. The lowest BCUT2D eigenvalue weighted by atomic mass is 10.1. The van der Waals surface area contributed by atoms with Crippen molar-refractivity contribution in [3.8, 4) is 11.6 Å². The van der Waals surface area contributed by atoms with Crippen LogP contribution < -0.4 is 5.32 Å². The van der Waals surface area contributed by atoms with Crippen molar-refractivity contribution in [2.45, 2.75) is 26.3 Å². The third kappa shape index (κ3) is 3.08. The molecule has 0 aliphatic rings. The Kier molecular flexibility index (Phi) is 3.92. The number of aromatic nitrogens is 3. The van der Waals surface area contributed by atoms with Gasteiger partial charge in [0.05, 0.1) is 0 Å². The summed E-state index contributed by atoms with van der Waals surface area (Å²) in [5.41, 5.74) is 0.740. The van der Waals surface area contributed by atoms with Crippen LogP contribution >= 0.6 is 0 Å². The third-order valence-electron chi connectivity index (χ3n) is 3.23. The molecule has 0 aliphatic heterocycles. The van der Waals surface area contributed by atoms with Gasteiger partial charge in [0.25, 0.3) is 5.89 Å². The van der Waals surface area contributed by atoms with Gasteiger partial charge in [-0.15, -0.1) is 10.2 Å². The zero-order chi connectivity index (χ0) is 14.7. The predicted octanol–water partition coefficient (Wildman–Crippen LogP) is 2.83. The third-order valence-corrected chi connectivity index (χ3v) is 3.23. The Hall–Kier alpha value is -2.27. The summed E-state index contributed by atoms with van der Waals surface area (Å²) in [6, 6.07) is 10.5. The van der Waals surface area contributed by atoms with Crippen LogP contribution in [-0.4, -0.2) is 27.8 Å². The van der Waals surface area contributed by atoms with Gasteiger partial charge in [-0.2, -0.15) is 0 Å². The highest BCUT2D eigenvalue weighted by Gasteiger charge is 2.12. The number of nitrogens with zero attached hydrogens (tertiary/aromatic N) is 3. The molecule has 5 heteroatoms. The maximum absolute atomic E-state index is 5.73. The maximum Gasteiger partial charge on any atom is 0.266 e. The topological polar surface area (TPSA) is 63.8 Å². The van der Waals surface area contributed by atoms with Gasteiger partial charge in [0.2, 0.25) is 5.89 Å². The molecule has 3 rings (SSSR count). The van der Waals surface area contributed by atoms with Gasteiger partial charge in [-0.1, -0.05) is 38.1 Å². The fraction of sp³-hybridized carbons (Fsp3) is 0.312. The average molecular weight is 282 g/mol. The van der Waals surface area contributed by atoms with Gasteiger partial charge in [-0.05, 0) is 11.5 Å². The van der Waals surface area contributed by atoms with E-state index in [1.807, 2.05) is 30.3 Å². The number of benzene rings is 1.